The molecule has 110 valence electrons. The molecular weight excluding hydrogens is 300 g/mol. The van der Waals surface area contributed by atoms with Crippen LogP contribution in [0.5, 0.6) is 0 Å². The van der Waals surface area contributed by atoms with Crippen molar-refractivity contribution in [3.8, 4) is 0 Å². The first-order valence-corrected chi connectivity index (χ1v) is 6.89. The lowest BCUT2D eigenvalue weighted by Gasteiger charge is -2.19. The lowest BCUT2D eigenvalue weighted by molar-refractivity contribution is -0.136. The Labute approximate surface area is 123 Å². The molecule has 0 aliphatic carbocycles. The van der Waals surface area contributed by atoms with E-state index in [1.54, 1.807) is 16.8 Å². The smallest absolute Gasteiger partial charge is 0.323 e. The Morgan fingerprint density at radius 3 is 2.38 bits per heavy atom. The number of rotatable bonds is 5. The van der Waals surface area contributed by atoms with Crippen molar-refractivity contribution >= 4 is 28.9 Å². The van der Waals surface area contributed by atoms with Crippen LogP contribution in [0.3, 0.4) is 0 Å². The van der Waals surface area contributed by atoms with Gasteiger partial charge in [0.2, 0.25) is 5.91 Å². The number of amides is 1. The molecule has 1 heterocycles. The van der Waals surface area contributed by atoms with Gasteiger partial charge in [-0.1, -0.05) is 0 Å². The Kier molecular flexibility index (Phi) is 4.64. The Morgan fingerprint density at radius 1 is 1.19 bits per heavy atom. The second-order valence-electron chi connectivity index (χ2n) is 4.31. The molecule has 1 N–H and O–H groups in total. The quantitative estimate of drug-likeness (QED) is 0.923. The molecule has 2 aromatic rings. The number of thiophene rings is 1. The molecule has 0 radical (unpaired) electrons. The monoisotopic (exact) mass is 311 g/mol. The third kappa shape index (κ3) is 4.09. The van der Waals surface area contributed by atoms with Crippen LogP contribution in [0.2, 0.25) is 0 Å². The molecule has 0 atom stereocenters. The van der Waals surface area contributed by atoms with Gasteiger partial charge in [0.15, 0.2) is 0 Å². The second-order valence-corrected chi connectivity index (χ2v) is 5.09. The predicted molar refractivity (Wildman–Crippen MR) is 74.4 cm³/mol. The van der Waals surface area contributed by atoms with Crippen LogP contribution >= 0.6 is 11.3 Å². The molecule has 4 nitrogen and oxygen atoms in total. The van der Waals surface area contributed by atoms with Crippen LogP contribution < -0.4 is 4.90 Å². The fourth-order valence-electron chi connectivity index (χ4n) is 1.85. The van der Waals surface area contributed by atoms with Gasteiger partial charge < -0.3 is 10.0 Å². The largest absolute Gasteiger partial charge is 0.480 e. The summed E-state index contributed by atoms with van der Waals surface area (Å²) >= 11 is 1.32. The minimum atomic E-state index is -1.17. The molecule has 0 aliphatic heterocycles. The van der Waals surface area contributed by atoms with Gasteiger partial charge in [0.25, 0.3) is 0 Å². The van der Waals surface area contributed by atoms with E-state index in [4.69, 9.17) is 5.11 Å². The summed E-state index contributed by atoms with van der Waals surface area (Å²) in [6.45, 7) is -0.507. The highest BCUT2D eigenvalue weighted by Crippen LogP contribution is 2.19. The zero-order valence-electron chi connectivity index (χ0n) is 10.8. The molecule has 0 unspecified atom stereocenters. The van der Waals surface area contributed by atoms with Crippen molar-refractivity contribution in [1.82, 2.24) is 0 Å². The molecular formula is C14H11F2NO3S. The van der Waals surface area contributed by atoms with Crippen LogP contribution in [0, 0.1) is 11.6 Å². The van der Waals surface area contributed by atoms with Gasteiger partial charge in [-0.3, -0.25) is 9.59 Å². The SMILES string of the molecule is O=C(O)CN(C(=O)Cc1cc(F)cc(F)c1)c1ccsc1. The summed E-state index contributed by atoms with van der Waals surface area (Å²) in [4.78, 5) is 24.1. The van der Waals surface area contributed by atoms with Gasteiger partial charge in [0.1, 0.15) is 18.2 Å². The van der Waals surface area contributed by atoms with E-state index in [0.717, 1.165) is 17.0 Å². The lowest BCUT2D eigenvalue weighted by Crippen LogP contribution is -2.36. The maximum absolute atomic E-state index is 13.1. The van der Waals surface area contributed by atoms with Crippen LogP contribution in [0.15, 0.2) is 35.0 Å². The maximum atomic E-state index is 13.1. The molecule has 1 amide bonds. The van der Waals surface area contributed by atoms with Gasteiger partial charge >= 0.3 is 5.97 Å². The van der Waals surface area contributed by atoms with Crippen LogP contribution in [0.25, 0.3) is 0 Å². The molecule has 0 bridgehead atoms. The molecule has 1 aromatic heterocycles. The summed E-state index contributed by atoms with van der Waals surface area (Å²) < 4.78 is 26.2. The molecule has 21 heavy (non-hydrogen) atoms. The van der Waals surface area contributed by atoms with E-state index >= 15 is 0 Å². The molecule has 0 aliphatic rings. The van der Waals surface area contributed by atoms with Gasteiger partial charge in [-0.05, 0) is 29.1 Å². The highest BCUT2D eigenvalue weighted by Gasteiger charge is 2.20. The van der Waals surface area contributed by atoms with Gasteiger partial charge in [-0.2, -0.15) is 11.3 Å². The number of hydrogen-bond acceptors (Lipinski definition) is 3. The lowest BCUT2D eigenvalue weighted by atomic mass is 10.1. The normalized spacial score (nSPS) is 10.4. The number of aliphatic carboxylic acids is 1. The van der Waals surface area contributed by atoms with Gasteiger partial charge in [0, 0.05) is 11.4 Å². The van der Waals surface area contributed by atoms with Crippen molar-refractivity contribution in [1.29, 1.82) is 0 Å². The molecule has 1 aromatic carbocycles. The minimum absolute atomic E-state index is 0.156. The number of benzene rings is 1. The highest BCUT2D eigenvalue weighted by atomic mass is 32.1. The van der Waals surface area contributed by atoms with E-state index in [2.05, 4.69) is 0 Å². The summed E-state index contributed by atoms with van der Waals surface area (Å²) in [6, 6.07) is 4.42. The van der Waals surface area contributed by atoms with Gasteiger partial charge in [-0.25, -0.2) is 8.78 Å². The molecule has 0 saturated heterocycles. The second kappa shape index (κ2) is 6.45. The predicted octanol–water partition coefficient (Wildman–Crippen LogP) is 2.69. The van der Waals surface area contributed by atoms with Crippen molar-refractivity contribution in [2.24, 2.45) is 0 Å². The third-order valence-corrected chi connectivity index (χ3v) is 3.36. The van der Waals surface area contributed by atoms with E-state index < -0.39 is 30.1 Å². The summed E-state index contributed by atoms with van der Waals surface area (Å²) in [5.74, 6) is -3.27. The highest BCUT2D eigenvalue weighted by molar-refractivity contribution is 7.08. The number of hydrogen-bond donors (Lipinski definition) is 1. The first-order chi connectivity index (χ1) is 9.95. The molecule has 0 fully saturated rings. The summed E-state index contributed by atoms with van der Waals surface area (Å²) in [7, 11) is 0. The van der Waals surface area contributed by atoms with Crippen molar-refractivity contribution in [3.63, 3.8) is 0 Å². The fraction of sp³-hybridized carbons (Fsp3) is 0.143. The first-order valence-electron chi connectivity index (χ1n) is 5.95. The molecule has 0 saturated carbocycles. The zero-order chi connectivity index (χ0) is 15.4. The van der Waals surface area contributed by atoms with Crippen molar-refractivity contribution in [3.05, 3.63) is 52.2 Å². The number of halogens is 2. The number of carboxylic acid groups (broad SMARTS) is 1. The Morgan fingerprint density at radius 2 is 1.86 bits per heavy atom. The number of anilines is 1. The summed E-state index contributed by atoms with van der Waals surface area (Å²) in [5, 5.41) is 12.2. The molecule has 7 heteroatoms. The molecule has 2 rings (SSSR count). The van der Waals surface area contributed by atoms with Gasteiger partial charge in [0.05, 0.1) is 12.1 Å². The van der Waals surface area contributed by atoms with E-state index in [1.807, 2.05) is 0 Å². The topological polar surface area (TPSA) is 57.6 Å². The first kappa shape index (κ1) is 15.1. The van der Waals surface area contributed by atoms with Crippen LogP contribution in [0.1, 0.15) is 5.56 Å². The summed E-state index contributed by atoms with van der Waals surface area (Å²) in [6.07, 6.45) is -0.280. The standard InChI is InChI=1S/C14H11F2NO3S/c15-10-3-9(4-11(16)6-10)5-13(18)17(7-14(19)20)12-1-2-21-8-12/h1-4,6,8H,5,7H2,(H,19,20). The Bertz CT molecular complexity index is 638. The summed E-state index contributed by atoms with van der Waals surface area (Å²) in [5.41, 5.74) is 0.604. The fourth-order valence-corrected chi connectivity index (χ4v) is 2.49. The van der Waals surface area contributed by atoms with E-state index in [9.17, 15) is 18.4 Å². The van der Waals surface area contributed by atoms with Crippen molar-refractivity contribution < 1.29 is 23.5 Å². The van der Waals surface area contributed by atoms with Crippen LogP contribution in [0.4, 0.5) is 14.5 Å². The molecule has 0 spiro atoms. The number of nitrogens with zero attached hydrogens (tertiary/aromatic N) is 1. The average molecular weight is 311 g/mol. The minimum Gasteiger partial charge on any atom is -0.480 e. The average Bonchev–Trinajstić information content (AvgIpc) is 2.87. The van der Waals surface area contributed by atoms with E-state index in [1.165, 1.54) is 11.3 Å². The maximum Gasteiger partial charge on any atom is 0.323 e. The van der Waals surface area contributed by atoms with Crippen LogP contribution in [-0.4, -0.2) is 23.5 Å². The number of carbonyl (C=O) groups is 2. The zero-order valence-corrected chi connectivity index (χ0v) is 11.6. The van der Waals surface area contributed by atoms with Crippen molar-refractivity contribution in [2.75, 3.05) is 11.4 Å². The van der Waals surface area contributed by atoms with Gasteiger partial charge in [-0.15, -0.1) is 0 Å². The third-order valence-electron chi connectivity index (χ3n) is 2.69. The van der Waals surface area contributed by atoms with Crippen molar-refractivity contribution in [2.45, 2.75) is 6.42 Å². The number of carboxylic acids is 1. The van der Waals surface area contributed by atoms with E-state index in [0.29, 0.717) is 11.8 Å². The number of carbonyl (C=O) groups excluding carboxylic acids is 1. The Hall–Kier alpha value is -2.28. The van der Waals surface area contributed by atoms with Crippen LogP contribution in [-0.2, 0) is 16.0 Å². The Balaban J connectivity index is 2.20. The van der Waals surface area contributed by atoms with E-state index in [-0.39, 0.29) is 12.0 Å².